The number of ether oxygens (including phenoxy) is 1. The summed E-state index contributed by atoms with van der Waals surface area (Å²) in [5.74, 6) is -0.329. The van der Waals surface area contributed by atoms with Crippen LogP contribution in [0.2, 0.25) is 0 Å². The monoisotopic (exact) mass is 360 g/mol. The van der Waals surface area contributed by atoms with Crippen LogP contribution in [-0.2, 0) is 0 Å². The standard InChI is InChI=1S/C10H8ClF2IO2/c1-5(11)9(15)6-3-2-4-7(8(6)14)16-10(12)13/h2-5,10H,1H3. The molecule has 0 heterocycles. The van der Waals surface area contributed by atoms with Gasteiger partial charge in [-0.2, -0.15) is 8.78 Å². The fraction of sp³-hybridized carbons (Fsp3) is 0.300. The van der Waals surface area contributed by atoms with Gasteiger partial charge in [0.1, 0.15) is 5.75 Å². The van der Waals surface area contributed by atoms with Gasteiger partial charge in [-0.1, -0.05) is 12.1 Å². The van der Waals surface area contributed by atoms with Crippen LogP contribution < -0.4 is 4.74 Å². The summed E-state index contributed by atoms with van der Waals surface area (Å²) >= 11 is 7.44. The van der Waals surface area contributed by atoms with Crippen LogP contribution in [0.1, 0.15) is 17.3 Å². The lowest BCUT2D eigenvalue weighted by Gasteiger charge is -2.10. The lowest BCUT2D eigenvalue weighted by atomic mass is 10.1. The summed E-state index contributed by atoms with van der Waals surface area (Å²) in [7, 11) is 0. The van der Waals surface area contributed by atoms with E-state index in [2.05, 4.69) is 4.74 Å². The van der Waals surface area contributed by atoms with Crippen LogP contribution in [0.5, 0.6) is 5.75 Å². The van der Waals surface area contributed by atoms with Crippen molar-refractivity contribution in [1.29, 1.82) is 0 Å². The van der Waals surface area contributed by atoms with Crippen molar-refractivity contribution in [3.63, 3.8) is 0 Å². The maximum absolute atomic E-state index is 12.1. The summed E-state index contributed by atoms with van der Waals surface area (Å²) in [5.41, 5.74) is 0.293. The maximum atomic E-state index is 12.1. The fourth-order valence-electron chi connectivity index (χ4n) is 1.10. The molecule has 0 aromatic heterocycles. The molecule has 0 aliphatic carbocycles. The second kappa shape index (κ2) is 5.77. The highest BCUT2D eigenvalue weighted by molar-refractivity contribution is 14.1. The Morgan fingerprint density at radius 2 is 2.12 bits per heavy atom. The summed E-state index contributed by atoms with van der Waals surface area (Å²) < 4.78 is 28.7. The van der Waals surface area contributed by atoms with Crippen LogP contribution in [0, 0.1) is 3.57 Å². The summed E-state index contributed by atoms with van der Waals surface area (Å²) in [6.45, 7) is -1.38. The Labute approximate surface area is 110 Å². The fourth-order valence-corrected chi connectivity index (χ4v) is 1.97. The normalized spacial score (nSPS) is 12.6. The van der Waals surface area contributed by atoms with Gasteiger partial charge in [0.15, 0.2) is 5.78 Å². The van der Waals surface area contributed by atoms with Crippen LogP contribution in [0.4, 0.5) is 8.78 Å². The van der Waals surface area contributed by atoms with Crippen LogP contribution in [-0.4, -0.2) is 17.8 Å². The van der Waals surface area contributed by atoms with E-state index in [4.69, 9.17) is 11.6 Å². The minimum Gasteiger partial charge on any atom is -0.434 e. The molecule has 0 N–H and O–H groups in total. The van der Waals surface area contributed by atoms with Crippen LogP contribution in [0.15, 0.2) is 18.2 Å². The molecule has 1 rings (SSSR count). The predicted octanol–water partition coefficient (Wildman–Crippen LogP) is 3.70. The van der Waals surface area contributed by atoms with E-state index in [1.807, 2.05) is 0 Å². The van der Waals surface area contributed by atoms with E-state index in [0.717, 1.165) is 0 Å². The van der Waals surface area contributed by atoms with E-state index in [1.165, 1.54) is 25.1 Å². The van der Waals surface area contributed by atoms with Gasteiger partial charge < -0.3 is 4.74 Å². The lowest BCUT2D eigenvalue weighted by molar-refractivity contribution is -0.0504. The SMILES string of the molecule is CC(Cl)C(=O)c1cccc(OC(F)F)c1I. The van der Waals surface area contributed by atoms with Crippen molar-refractivity contribution in [1.82, 2.24) is 0 Å². The maximum Gasteiger partial charge on any atom is 0.387 e. The zero-order chi connectivity index (χ0) is 12.3. The molecule has 0 amide bonds. The van der Waals surface area contributed by atoms with E-state index < -0.39 is 12.0 Å². The molecule has 0 aliphatic heterocycles. The molecule has 0 bridgehead atoms. The van der Waals surface area contributed by atoms with Crippen LogP contribution in [0.25, 0.3) is 0 Å². The number of benzene rings is 1. The Morgan fingerprint density at radius 1 is 1.50 bits per heavy atom. The molecule has 1 aromatic rings. The molecule has 6 heteroatoms. The lowest BCUT2D eigenvalue weighted by Crippen LogP contribution is -2.13. The highest BCUT2D eigenvalue weighted by atomic mass is 127. The van der Waals surface area contributed by atoms with Crippen molar-refractivity contribution in [2.45, 2.75) is 18.9 Å². The molecule has 0 fully saturated rings. The zero-order valence-electron chi connectivity index (χ0n) is 8.22. The van der Waals surface area contributed by atoms with Gasteiger partial charge in [-0.05, 0) is 35.6 Å². The summed E-state index contributed by atoms with van der Waals surface area (Å²) in [6.07, 6.45) is 0. The van der Waals surface area contributed by atoms with Crippen molar-refractivity contribution >= 4 is 40.0 Å². The summed E-state index contributed by atoms with van der Waals surface area (Å²) in [5, 5.41) is -0.699. The third-order valence-electron chi connectivity index (χ3n) is 1.81. The van der Waals surface area contributed by atoms with Gasteiger partial charge in [-0.25, -0.2) is 0 Å². The first-order valence-corrected chi connectivity index (χ1v) is 5.86. The van der Waals surface area contributed by atoms with E-state index in [-0.39, 0.29) is 11.5 Å². The Morgan fingerprint density at radius 3 is 2.62 bits per heavy atom. The predicted molar refractivity (Wildman–Crippen MR) is 65.4 cm³/mol. The number of Topliss-reactive ketones (excluding diaryl/α,β-unsaturated/α-hetero) is 1. The molecule has 0 spiro atoms. The molecule has 0 saturated carbocycles. The van der Waals surface area contributed by atoms with Crippen LogP contribution >= 0.6 is 34.2 Å². The number of hydrogen-bond acceptors (Lipinski definition) is 2. The van der Waals surface area contributed by atoms with Gasteiger partial charge in [0, 0.05) is 5.56 Å². The van der Waals surface area contributed by atoms with Crippen LogP contribution in [0.3, 0.4) is 0 Å². The Bertz CT molecular complexity index is 396. The van der Waals surface area contributed by atoms with Crippen molar-refractivity contribution in [2.24, 2.45) is 0 Å². The smallest absolute Gasteiger partial charge is 0.387 e. The molecular weight excluding hydrogens is 352 g/mol. The minimum atomic E-state index is -2.91. The van der Waals surface area contributed by atoms with E-state index in [9.17, 15) is 13.6 Å². The Hall–Kier alpha value is -0.430. The molecule has 2 nitrogen and oxygen atoms in total. The van der Waals surface area contributed by atoms with Gasteiger partial charge in [0.05, 0.1) is 8.95 Å². The second-order valence-electron chi connectivity index (χ2n) is 2.98. The molecule has 0 saturated heterocycles. The highest BCUT2D eigenvalue weighted by Crippen LogP contribution is 2.27. The largest absolute Gasteiger partial charge is 0.434 e. The van der Waals surface area contributed by atoms with Gasteiger partial charge >= 0.3 is 6.61 Å². The molecule has 1 unspecified atom stereocenters. The van der Waals surface area contributed by atoms with Gasteiger partial charge in [0.25, 0.3) is 0 Å². The van der Waals surface area contributed by atoms with Gasteiger partial charge in [-0.15, -0.1) is 11.6 Å². The number of alkyl halides is 3. The second-order valence-corrected chi connectivity index (χ2v) is 4.71. The van der Waals surface area contributed by atoms with Crippen molar-refractivity contribution in [3.05, 3.63) is 27.3 Å². The van der Waals surface area contributed by atoms with E-state index >= 15 is 0 Å². The molecule has 88 valence electrons. The van der Waals surface area contributed by atoms with Gasteiger partial charge in [-0.3, -0.25) is 4.79 Å². The average Bonchev–Trinajstić information content (AvgIpc) is 2.19. The molecule has 0 aliphatic rings. The van der Waals surface area contributed by atoms with Gasteiger partial charge in [0.2, 0.25) is 0 Å². The first-order valence-electron chi connectivity index (χ1n) is 4.35. The number of halogens is 4. The molecule has 1 atom stereocenters. The summed E-state index contributed by atoms with van der Waals surface area (Å²) in [6, 6.07) is 4.39. The third kappa shape index (κ3) is 3.28. The number of hydrogen-bond donors (Lipinski definition) is 0. The molecular formula is C10H8ClF2IO2. The third-order valence-corrected chi connectivity index (χ3v) is 3.12. The minimum absolute atomic E-state index is 0.0150. The van der Waals surface area contributed by atoms with Crippen molar-refractivity contribution in [2.75, 3.05) is 0 Å². The van der Waals surface area contributed by atoms with Crippen molar-refractivity contribution < 1.29 is 18.3 Å². The summed E-state index contributed by atoms with van der Waals surface area (Å²) in [4.78, 5) is 11.6. The first-order chi connectivity index (χ1) is 7.43. The quantitative estimate of drug-likeness (QED) is 0.465. The van der Waals surface area contributed by atoms with E-state index in [1.54, 1.807) is 22.6 Å². The first kappa shape index (κ1) is 13.6. The number of rotatable bonds is 4. The highest BCUT2D eigenvalue weighted by Gasteiger charge is 2.19. The molecule has 1 aromatic carbocycles. The zero-order valence-corrected chi connectivity index (χ0v) is 11.1. The average molecular weight is 361 g/mol. The van der Waals surface area contributed by atoms with E-state index in [0.29, 0.717) is 9.13 Å². The molecule has 0 radical (unpaired) electrons. The topological polar surface area (TPSA) is 26.3 Å². The molecule has 16 heavy (non-hydrogen) atoms. The number of carbonyl (C=O) groups is 1. The van der Waals surface area contributed by atoms with Crippen molar-refractivity contribution in [3.8, 4) is 5.75 Å². The Kier molecular flexibility index (Phi) is 4.91. The number of carbonyl (C=O) groups excluding carboxylic acids is 1. The Balaban J connectivity index is 3.08. The number of ketones is 1.